The van der Waals surface area contributed by atoms with Crippen molar-refractivity contribution < 1.29 is 68.2 Å². The van der Waals surface area contributed by atoms with Crippen LogP contribution >= 0.6 is 17.0 Å². The first-order chi connectivity index (χ1) is 30.8. The van der Waals surface area contributed by atoms with Crippen molar-refractivity contribution >= 4 is 35.1 Å². The Balaban J connectivity index is 1.78. The van der Waals surface area contributed by atoms with Crippen LogP contribution in [0.4, 0.5) is 52.7 Å². The van der Waals surface area contributed by atoms with E-state index in [2.05, 4.69) is 0 Å². The molecule has 0 radical (unpaired) electrons. The van der Waals surface area contributed by atoms with Crippen LogP contribution in [0.1, 0.15) is 145 Å². The number of hydrogen-bond donors (Lipinski definition) is 0. The molecule has 16 heteroatoms. The summed E-state index contributed by atoms with van der Waals surface area (Å²) in [5.41, 5.74) is -3.07. The van der Waals surface area contributed by atoms with Gasteiger partial charge in [0, 0.05) is 0 Å². The molecule has 0 nitrogen and oxygen atoms in total. The second-order valence-electron chi connectivity index (χ2n) is 21.2. The Hall–Kier alpha value is -2.80. The van der Waals surface area contributed by atoms with Crippen LogP contribution in [0.15, 0.2) is 71.8 Å². The topological polar surface area (TPSA) is 0 Å². The number of alkyl halides is 12. The van der Waals surface area contributed by atoms with Gasteiger partial charge >= 0.3 is 403 Å². The standard InChI is InChI=1S/2C25H25F6.C2H7Si.2ClH.Zr/c2*1-6-14(2)16-9-15-7-8-21(23(3,4)5)22(20(15)12-16)17-10-18(24(26,27)28)13-19(11-17)25(29,30)31;1-3-2;;;/h2*7-14H,6H2,1-5H3;3H,1-2H3;2*1H;/q;;;;;+2/p-2. The van der Waals surface area contributed by atoms with Gasteiger partial charge in [-0.25, -0.2) is 0 Å². The van der Waals surface area contributed by atoms with Crippen molar-refractivity contribution in [3.05, 3.63) is 127 Å². The molecule has 4 aromatic rings. The maximum absolute atomic E-state index is 14.5. The predicted octanol–water partition coefficient (Wildman–Crippen LogP) is 19.3. The fraction of sp³-hybridized carbons (Fsp3) is 0.462. The molecule has 0 bridgehead atoms. The van der Waals surface area contributed by atoms with Crippen molar-refractivity contribution in [1.82, 2.24) is 0 Å². The van der Waals surface area contributed by atoms with Crippen molar-refractivity contribution in [3.8, 4) is 22.3 Å². The molecular formula is C52H57Cl2F12SiZr. The van der Waals surface area contributed by atoms with E-state index >= 15 is 0 Å². The number of benzene rings is 4. The number of hydrogen-bond acceptors (Lipinski definition) is 0. The Morgan fingerprint density at radius 2 is 0.779 bits per heavy atom. The Labute approximate surface area is 400 Å². The van der Waals surface area contributed by atoms with Crippen molar-refractivity contribution in [2.75, 3.05) is 0 Å². The molecule has 0 fully saturated rings. The quantitative estimate of drug-likeness (QED) is 0.116. The van der Waals surface area contributed by atoms with Crippen molar-refractivity contribution in [2.45, 2.75) is 138 Å². The predicted molar refractivity (Wildman–Crippen MR) is 252 cm³/mol. The third-order valence-electron chi connectivity index (χ3n) is 14.4. The van der Waals surface area contributed by atoms with Gasteiger partial charge in [0.1, 0.15) is 0 Å². The summed E-state index contributed by atoms with van der Waals surface area (Å²) in [6, 6.07) is 10.4. The Kier molecular flexibility index (Phi) is 14.2. The molecule has 371 valence electrons. The molecule has 0 saturated heterocycles. The van der Waals surface area contributed by atoms with Crippen molar-refractivity contribution in [2.24, 2.45) is 11.8 Å². The van der Waals surface area contributed by atoms with Gasteiger partial charge in [0.05, 0.1) is 0 Å². The van der Waals surface area contributed by atoms with Crippen LogP contribution in [-0.4, -0.2) is 5.92 Å². The van der Waals surface area contributed by atoms with Crippen LogP contribution in [0.2, 0.25) is 13.1 Å². The van der Waals surface area contributed by atoms with E-state index in [4.69, 9.17) is 17.0 Å². The van der Waals surface area contributed by atoms with Gasteiger partial charge in [-0.15, -0.1) is 0 Å². The summed E-state index contributed by atoms with van der Waals surface area (Å²) in [5, 5.41) is 0. The zero-order valence-electron chi connectivity index (χ0n) is 40.0. The normalized spacial score (nSPS) is 18.8. The number of allylic oxidation sites excluding steroid dienone is 2. The summed E-state index contributed by atoms with van der Waals surface area (Å²) in [7, 11) is 17.5. The zero-order valence-corrected chi connectivity index (χ0v) is 45.1. The molecule has 6 rings (SSSR count). The fourth-order valence-corrected chi connectivity index (χ4v) is 41.7. The summed E-state index contributed by atoms with van der Waals surface area (Å²) in [6.07, 6.45) is -15.6. The molecule has 0 saturated carbocycles. The van der Waals surface area contributed by atoms with E-state index < -0.39 is 86.5 Å². The van der Waals surface area contributed by atoms with E-state index in [0.717, 1.165) is 35.4 Å². The maximum atomic E-state index is 14.5. The molecule has 4 atom stereocenters. The fourth-order valence-electron chi connectivity index (χ4n) is 10.4. The van der Waals surface area contributed by atoms with E-state index in [1.165, 1.54) is 0 Å². The molecule has 68 heavy (non-hydrogen) atoms. The summed E-state index contributed by atoms with van der Waals surface area (Å²) in [4.78, 5) is 0. The first kappa shape index (κ1) is 54.5. The zero-order chi connectivity index (χ0) is 51.5. The van der Waals surface area contributed by atoms with Crippen molar-refractivity contribution in [3.63, 3.8) is 0 Å². The Bertz CT molecular complexity index is 2450. The molecule has 0 aromatic heterocycles. The minimum absolute atomic E-state index is 0.105. The van der Waals surface area contributed by atoms with Gasteiger partial charge in [-0.05, 0) is 0 Å². The van der Waals surface area contributed by atoms with Gasteiger partial charge in [0.2, 0.25) is 0 Å². The van der Waals surface area contributed by atoms with Crippen LogP contribution < -0.4 is 0 Å². The minimum atomic E-state index is -5.99. The van der Waals surface area contributed by atoms with E-state index in [9.17, 15) is 52.7 Å². The summed E-state index contributed by atoms with van der Waals surface area (Å²) >= 11 is -5.99. The van der Waals surface area contributed by atoms with Crippen LogP contribution in [0.3, 0.4) is 0 Å². The van der Waals surface area contributed by atoms with E-state index in [-0.39, 0.29) is 46.2 Å². The van der Waals surface area contributed by atoms with Crippen molar-refractivity contribution in [1.29, 1.82) is 0 Å². The molecule has 4 unspecified atom stereocenters. The SMILES string of the molecule is CCC(C)C1=Cc2c(ccc(C(C)(C)C)c2-c2cc(C(F)(F)F)cc(C(F)(F)F)c2)[CH]1[Zr]([Cl])([Cl])([CH]1C(C(C)CC)=Cc2c1ccc(C(C)(C)C)c2-c1cc(C(F)(F)F)cc(C(F)(F)F)c1)[SiH](C)C. The Morgan fingerprint density at radius 1 is 0.500 bits per heavy atom. The van der Waals surface area contributed by atoms with E-state index in [1.54, 1.807) is 12.1 Å². The molecule has 0 aliphatic heterocycles. The summed E-state index contributed by atoms with van der Waals surface area (Å²) < 4.78 is 173. The molecule has 0 heterocycles. The van der Waals surface area contributed by atoms with Gasteiger partial charge in [0.25, 0.3) is 0 Å². The first-order valence-electron chi connectivity index (χ1n) is 22.7. The number of rotatable bonds is 9. The van der Waals surface area contributed by atoms with E-state index in [1.807, 2.05) is 107 Å². The number of halogens is 14. The molecule has 0 spiro atoms. The third kappa shape index (κ3) is 9.65. The number of fused-ring (bicyclic) bond motifs is 2. The van der Waals surface area contributed by atoms with Crippen LogP contribution in [0.5, 0.6) is 0 Å². The van der Waals surface area contributed by atoms with Gasteiger partial charge in [-0.2, -0.15) is 0 Å². The van der Waals surface area contributed by atoms with Crippen LogP contribution in [0.25, 0.3) is 34.4 Å². The Morgan fingerprint density at radius 3 is 1.00 bits per heavy atom. The van der Waals surface area contributed by atoms with E-state index in [0.29, 0.717) is 46.2 Å². The second-order valence-corrected chi connectivity index (χ2v) is 63.7. The van der Waals surface area contributed by atoms with Gasteiger partial charge in [0.15, 0.2) is 0 Å². The third-order valence-corrected chi connectivity index (χ3v) is 66.1. The van der Waals surface area contributed by atoms with Gasteiger partial charge < -0.3 is 0 Å². The van der Waals surface area contributed by atoms with Crippen LogP contribution in [0, 0.1) is 11.8 Å². The first-order valence-corrected chi connectivity index (χ1v) is 39.0. The average molecular weight is 1100 g/mol. The van der Waals surface area contributed by atoms with Gasteiger partial charge in [-0.1, -0.05) is 0 Å². The summed E-state index contributed by atoms with van der Waals surface area (Å²) in [5.74, 6) is -2.94. The molecule has 2 aliphatic rings. The second kappa shape index (κ2) is 17.7. The molecule has 0 N–H and O–H groups in total. The molecular weight excluding hydrogens is 1040 g/mol. The molecule has 2 aliphatic carbocycles. The average Bonchev–Trinajstić information content (AvgIpc) is 3.81. The van der Waals surface area contributed by atoms with Gasteiger partial charge in [-0.3, -0.25) is 0 Å². The molecule has 0 amide bonds. The molecule has 4 aromatic carbocycles. The summed E-state index contributed by atoms with van der Waals surface area (Å²) in [6.45, 7) is 22.8. The van der Waals surface area contributed by atoms with Crippen LogP contribution in [-0.2, 0) is 51.1 Å². The monoisotopic (exact) mass is 1100 g/mol.